The number of nitrogens with one attached hydrogen (secondary N) is 1. The lowest BCUT2D eigenvalue weighted by Crippen LogP contribution is -2.55. The Labute approximate surface area is 241 Å². The van der Waals surface area contributed by atoms with Gasteiger partial charge in [-0.2, -0.15) is 0 Å². The molecule has 2 heterocycles. The summed E-state index contributed by atoms with van der Waals surface area (Å²) in [6, 6.07) is 12.4. The second-order valence-corrected chi connectivity index (χ2v) is 10.5. The van der Waals surface area contributed by atoms with Crippen molar-refractivity contribution in [2.24, 2.45) is 0 Å². The van der Waals surface area contributed by atoms with E-state index in [1.165, 1.54) is 12.1 Å². The molecule has 4 rings (SSSR count). The summed E-state index contributed by atoms with van der Waals surface area (Å²) in [5.74, 6) is -0.682. The van der Waals surface area contributed by atoms with E-state index in [4.69, 9.17) is 9.47 Å². The molecule has 0 aromatic heterocycles. The average Bonchev–Trinajstić information content (AvgIpc) is 3.01. The smallest absolute Gasteiger partial charge is 0.251 e. The number of benzene rings is 2. The lowest BCUT2D eigenvalue weighted by Gasteiger charge is -2.40. The highest BCUT2D eigenvalue weighted by Crippen LogP contribution is 2.34. The first-order valence-corrected chi connectivity index (χ1v) is 13.7. The highest BCUT2D eigenvalue weighted by molar-refractivity contribution is 5.96. The Balaban J connectivity index is 1.31. The summed E-state index contributed by atoms with van der Waals surface area (Å²) in [5, 5.41) is 82.5. The molecule has 2 saturated heterocycles. The maximum Gasteiger partial charge on any atom is 0.251 e. The minimum Gasteiger partial charge on any atom is -0.394 e. The summed E-state index contributed by atoms with van der Waals surface area (Å²) in [6.07, 6.45) is -12.9. The topological polar surface area (TPSA) is 226 Å². The molecule has 2 aliphatic heterocycles. The molecule has 13 nitrogen and oxygen atoms in total. The van der Waals surface area contributed by atoms with Crippen LogP contribution in [0.1, 0.15) is 56.9 Å². The number of amides is 1. The number of ether oxygens (including phenoxy) is 2. The Morgan fingerprint density at radius 3 is 1.64 bits per heavy atom. The fraction of sp³-hybridized carbons (Fsp3) is 0.517. The first-order chi connectivity index (χ1) is 20.1. The molecule has 0 spiro atoms. The molecular formula is C29H37NO12. The Bertz CT molecular complexity index is 1130. The van der Waals surface area contributed by atoms with Gasteiger partial charge in [-0.1, -0.05) is 30.3 Å². The molecule has 1 amide bonds. The van der Waals surface area contributed by atoms with Crippen LogP contribution in [0.25, 0.3) is 0 Å². The maximum absolute atomic E-state index is 12.8. The van der Waals surface area contributed by atoms with Crippen molar-refractivity contribution in [3.05, 3.63) is 70.8 Å². The lowest BCUT2D eigenvalue weighted by molar-refractivity contribution is -0.231. The zero-order valence-electron chi connectivity index (χ0n) is 22.6. The van der Waals surface area contributed by atoms with Crippen LogP contribution in [0.15, 0.2) is 48.5 Å². The van der Waals surface area contributed by atoms with Crippen molar-refractivity contribution in [2.75, 3.05) is 19.8 Å². The first-order valence-electron chi connectivity index (χ1n) is 13.7. The minimum atomic E-state index is -1.55. The van der Waals surface area contributed by atoms with E-state index in [0.29, 0.717) is 23.1 Å². The van der Waals surface area contributed by atoms with Crippen LogP contribution < -0.4 is 5.32 Å². The number of hydrogen-bond donors (Lipinski definition) is 9. The van der Waals surface area contributed by atoms with Crippen LogP contribution in [-0.4, -0.2) is 121 Å². The molecule has 9 N–H and O–H groups in total. The van der Waals surface area contributed by atoms with Crippen molar-refractivity contribution < 1.29 is 59.9 Å². The lowest BCUT2D eigenvalue weighted by atomic mass is 9.90. The molecule has 0 radical (unpaired) electrons. The van der Waals surface area contributed by atoms with Gasteiger partial charge in [0.05, 0.1) is 13.2 Å². The fourth-order valence-corrected chi connectivity index (χ4v) is 5.20. The third-order valence-electron chi connectivity index (χ3n) is 7.67. The third-order valence-corrected chi connectivity index (χ3v) is 7.67. The van der Waals surface area contributed by atoms with Gasteiger partial charge in [-0.3, -0.25) is 9.59 Å². The van der Waals surface area contributed by atoms with Crippen molar-refractivity contribution in [2.45, 2.75) is 73.9 Å². The van der Waals surface area contributed by atoms with Gasteiger partial charge in [0.25, 0.3) is 5.91 Å². The Hall–Kier alpha value is -2.82. The summed E-state index contributed by atoms with van der Waals surface area (Å²) in [7, 11) is 0. The highest BCUT2D eigenvalue weighted by Gasteiger charge is 2.45. The van der Waals surface area contributed by atoms with Crippen LogP contribution in [0.3, 0.4) is 0 Å². The van der Waals surface area contributed by atoms with Gasteiger partial charge in [-0.15, -0.1) is 0 Å². The maximum atomic E-state index is 12.8. The van der Waals surface area contributed by atoms with E-state index in [1.807, 2.05) is 0 Å². The van der Waals surface area contributed by atoms with Crippen molar-refractivity contribution in [3.63, 3.8) is 0 Å². The number of Topliss-reactive ketones (excluding diaryl/α,β-unsaturated/α-hetero) is 1. The van der Waals surface area contributed by atoms with Crippen LogP contribution in [0, 0.1) is 0 Å². The van der Waals surface area contributed by atoms with Crippen molar-refractivity contribution in [3.8, 4) is 0 Å². The van der Waals surface area contributed by atoms with Gasteiger partial charge >= 0.3 is 0 Å². The second-order valence-electron chi connectivity index (χ2n) is 10.5. The summed E-state index contributed by atoms with van der Waals surface area (Å²) in [5.41, 5.74) is 1.32. The number of ketones is 1. The molecule has 2 aliphatic rings. The van der Waals surface area contributed by atoms with E-state index in [0.717, 1.165) is 0 Å². The monoisotopic (exact) mass is 591 g/mol. The molecule has 0 unspecified atom stereocenters. The Kier molecular flexibility index (Phi) is 10.8. The molecular weight excluding hydrogens is 554 g/mol. The SMILES string of the molecule is O=C(CCCNC(=O)c1cccc([C@H]2O[C@H](CO)[C@@H](O)[C@H](O)[C@@H]2O)c1)c1cccc([C@H]2O[C@H](CO)[C@@H](O)[C@H](O)[C@@H]2O)c1. The fourth-order valence-electron chi connectivity index (χ4n) is 5.20. The minimum absolute atomic E-state index is 0.0866. The van der Waals surface area contributed by atoms with Gasteiger partial charge in [-0.25, -0.2) is 0 Å². The molecule has 42 heavy (non-hydrogen) atoms. The first kappa shape index (κ1) is 32.1. The summed E-state index contributed by atoms with van der Waals surface area (Å²) >= 11 is 0. The van der Waals surface area contributed by atoms with Crippen molar-refractivity contribution in [1.29, 1.82) is 0 Å². The van der Waals surface area contributed by atoms with Crippen LogP contribution in [0.2, 0.25) is 0 Å². The van der Waals surface area contributed by atoms with E-state index < -0.39 is 80.2 Å². The van der Waals surface area contributed by atoms with E-state index in [1.54, 1.807) is 36.4 Å². The normalized spacial score (nSPS) is 33.2. The zero-order chi connectivity index (χ0) is 30.6. The highest BCUT2D eigenvalue weighted by atomic mass is 16.6. The molecule has 230 valence electrons. The number of carbonyl (C=O) groups excluding carboxylic acids is 2. The molecule has 13 heteroatoms. The second kappa shape index (κ2) is 14.1. The van der Waals surface area contributed by atoms with Gasteiger partial charge in [0.1, 0.15) is 61.0 Å². The predicted octanol–water partition coefficient (Wildman–Crippen LogP) is -1.89. The van der Waals surface area contributed by atoms with Gasteiger partial charge in [-0.05, 0) is 35.7 Å². The summed E-state index contributed by atoms with van der Waals surface area (Å²) in [4.78, 5) is 25.6. The van der Waals surface area contributed by atoms with E-state index in [2.05, 4.69) is 5.32 Å². The van der Waals surface area contributed by atoms with E-state index in [9.17, 15) is 50.4 Å². The Morgan fingerprint density at radius 1 is 0.667 bits per heavy atom. The number of aliphatic hydroxyl groups is 8. The molecule has 10 atom stereocenters. The van der Waals surface area contributed by atoms with Gasteiger partial charge < -0.3 is 55.6 Å². The van der Waals surface area contributed by atoms with Gasteiger partial charge in [0.15, 0.2) is 5.78 Å². The molecule has 2 fully saturated rings. The van der Waals surface area contributed by atoms with Crippen molar-refractivity contribution in [1.82, 2.24) is 5.32 Å². The molecule has 0 aliphatic carbocycles. The molecule has 0 bridgehead atoms. The van der Waals surface area contributed by atoms with Crippen molar-refractivity contribution >= 4 is 11.7 Å². The summed E-state index contributed by atoms with van der Waals surface area (Å²) in [6.45, 7) is -0.969. The Morgan fingerprint density at radius 2 is 1.14 bits per heavy atom. The van der Waals surface area contributed by atoms with E-state index in [-0.39, 0.29) is 24.3 Å². The van der Waals surface area contributed by atoms with Gasteiger partial charge in [0.2, 0.25) is 0 Å². The number of hydrogen-bond acceptors (Lipinski definition) is 12. The number of carbonyl (C=O) groups is 2. The quantitative estimate of drug-likeness (QED) is 0.109. The molecule has 0 saturated carbocycles. The van der Waals surface area contributed by atoms with Crippen LogP contribution in [0.4, 0.5) is 0 Å². The van der Waals surface area contributed by atoms with Crippen LogP contribution >= 0.6 is 0 Å². The van der Waals surface area contributed by atoms with Gasteiger partial charge in [0, 0.05) is 24.1 Å². The predicted molar refractivity (Wildman–Crippen MR) is 144 cm³/mol. The molecule has 2 aromatic rings. The summed E-state index contributed by atoms with van der Waals surface area (Å²) < 4.78 is 11.1. The third kappa shape index (κ3) is 6.87. The van der Waals surface area contributed by atoms with Crippen LogP contribution in [-0.2, 0) is 9.47 Å². The largest absolute Gasteiger partial charge is 0.394 e. The van der Waals surface area contributed by atoms with Crippen LogP contribution in [0.5, 0.6) is 0 Å². The molecule has 2 aromatic carbocycles. The average molecular weight is 592 g/mol. The standard InChI is InChI=1S/C29H37NO12/c31-12-19-21(34)23(36)25(38)27(41-19)15-5-1-4-14(10-15)18(33)8-3-9-30-29(40)17-7-2-6-16(11-17)28-26(39)24(37)22(35)20(13-32)42-28/h1-2,4-7,10-11,19-28,31-32,34-39H,3,8-9,12-13H2,(H,30,40)/t19-,20-,21-,22-,23+,24+,25+,26+,27-,28-/m1/s1. The zero-order valence-corrected chi connectivity index (χ0v) is 22.6. The number of rotatable bonds is 10. The van der Waals surface area contributed by atoms with E-state index >= 15 is 0 Å². The number of aliphatic hydroxyl groups excluding tert-OH is 8.